The average molecular weight is 160 g/mol. The molecule has 0 spiro atoms. The van der Waals surface area contributed by atoms with Gasteiger partial charge in [-0.1, -0.05) is 13.8 Å². The van der Waals surface area contributed by atoms with E-state index >= 15 is 0 Å². The van der Waals surface area contributed by atoms with Gasteiger partial charge >= 0.3 is 0 Å². The van der Waals surface area contributed by atoms with Crippen molar-refractivity contribution in [1.82, 2.24) is 4.90 Å². The highest BCUT2D eigenvalue weighted by atomic mass is 16.2. The van der Waals surface area contributed by atoms with Crippen molar-refractivity contribution in [2.45, 2.75) is 33.2 Å². The molecule has 0 rings (SSSR count). The molecule has 11 heavy (non-hydrogen) atoms. The molecule has 1 amide bonds. The molecule has 0 heterocycles. The van der Waals surface area contributed by atoms with Crippen molar-refractivity contribution < 1.29 is 4.79 Å². The van der Waals surface area contributed by atoms with E-state index in [0.29, 0.717) is 0 Å². The van der Waals surface area contributed by atoms with Crippen molar-refractivity contribution >= 4 is 5.91 Å². The van der Waals surface area contributed by atoms with Gasteiger partial charge in [0, 0.05) is 14.1 Å². The summed E-state index contributed by atoms with van der Waals surface area (Å²) >= 11 is 0. The second-order valence-electron chi connectivity index (χ2n) is 2.92. The molecule has 0 radical (unpaired) electrons. The lowest BCUT2D eigenvalue weighted by Gasteiger charge is -2.21. The minimum absolute atomic E-state index is 0.0532. The van der Waals surface area contributed by atoms with Gasteiger partial charge in [0.25, 0.3) is 0 Å². The van der Waals surface area contributed by atoms with Crippen molar-refractivity contribution in [2.75, 3.05) is 14.1 Å². The predicted molar refractivity (Wildman–Crippen MR) is 48.3 cm³/mol. The van der Waals surface area contributed by atoms with E-state index < -0.39 is 5.54 Å². The van der Waals surface area contributed by atoms with E-state index in [2.05, 4.69) is 0 Å². The molecule has 0 aromatic heterocycles. The van der Waals surface area contributed by atoms with Crippen LogP contribution in [0.4, 0.5) is 0 Å². The second-order valence-corrected chi connectivity index (χ2v) is 2.92. The third kappa shape index (κ3) is 5.85. The Morgan fingerprint density at radius 3 is 1.55 bits per heavy atom. The molecule has 2 N–H and O–H groups in total. The summed E-state index contributed by atoms with van der Waals surface area (Å²) < 4.78 is 0. The van der Waals surface area contributed by atoms with Crippen LogP contribution in [0.1, 0.15) is 27.7 Å². The summed E-state index contributed by atoms with van der Waals surface area (Å²) in [6, 6.07) is 0. The van der Waals surface area contributed by atoms with Crippen LogP contribution >= 0.6 is 0 Å². The van der Waals surface area contributed by atoms with Gasteiger partial charge in [-0.05, 0) is 13.8 Å². The topological polar surface area (TPSA) is 46.3 Å². The highest BCUT2D eigenvalue weighted by Gasteiger charge is 2.22. The van der Waals surface area contributed by atoms with E-state index in [4.69, 9.17) is 5.73 Å². The van der Waals surface area contributed by atoms with Gasteiger partial charge in [0.2, 0.25) is 5.91 Å². The normalized spacial score (nSPS) is 9.73. The summed E-state index contributed by atoms with van der Waals surface area (Å²) in [6.45, 7) is 7.38. The van der Waals surface area contributed by atoms with E-state index in [0.717, 1.165) is 0 Å². The maximum atomic E-state index is 11.0. The highest BCUT2D eigenvalue weighted by Crippen LogP contribution is 1.99. The number of carbonyl (C=O) groups excluding carboxylic acids is 1. The number of likely N-dealkylation sites (N-methyl/N-ethyl adjacent to an activating group) is 1. The lowest BCUT2D eigenvalue weighted by Crippen LogP contribution is -2.48. The molecule has 0 aliphatic rings. The van der Waals surface area contributed by atoms with Crippen molar-refractivity contribution in [2.24, 2.45) is 5.73 Å². The molecule has 0 fully saturated rings. The van der Waals surface area contributed by atoms with Gasteiger partial charge in [0.1, 0.15) is 0 Å². The molecular formula is C8H20N2O. The lowest BCUT2D eigenvalue weighted by molar-refractivity contribution is -0.133. The van der Waals surface area contributed by atoms with E-state index in [1.54, 1.807) is 27.9 Å². The minimum Gasteiger partial charge on any atom is -0.347 e. The van der Waals surface area contributed by atoms with Crippen LogP contribution in [-0.4, -0.2) is 30.4 Å². The van der Waals surface area contributed by atoms with Crippen molar-refractivity contribution in [3.05, 3.63) is 0 Å². The van der Waals surface area contributed by atoms with Crippen LogP contribution in [-0.2, 0) is 4.79 Å². The van der Waals surface area contributed by atoms with E-state index in [1.807, 2.05) is 13.8 Å². The zero-order valence-corrected chi connectivity index (χ0v) is 8.43. The molecule has 0 atom stereocenters. The second kappa shape index (κ2) is 5.13. The van der Waals surface area contributed by atoms with Gasteiger partial charge in [-0.15, -0.1) is 0 Å². The maximum Gasteiger partial charge on any atom is 0.241 e. The molecule has 0 aromatic carbocycles. The molecule has 0 saturated heterocycles. The SMILES string of the molecule is CC.CN(C)C(=O)C(C)(C)N. The standard InChI is InChI=1S/C6H14N2O.C2H6/c1-6(2,7)5(9)8(3)4;1-2/h7H2,1-4H3;1-2H3. The molecule has 0 bridgehead atoms. The molecule has 0 aliphatic carbocycles. The van der Waals surface area contributed by atoms with E-state index in [-0.39, 0.29) is 5.91 Å². The Balaban J connectivity index is 0. The number of hydrogen-bond acceptors (Lipinski definition) is 2. The van der Waals surface area contributed by atoms with Crippen LogP contribution < -0.4 is 5.73 Å². The number of amides is 1. The molecule has 3 heteroatoms. The monoisotopic (exact) mass is 160 g/mol. The summed E-state index contributed by atoms with van der Waals surface area (Å²) in [5, 5.41) is 0. The Hall–Kier alpha value is -0.570. The fraction of sp³-hybridized carbons (Fsp3) is 0.875. The Bertz CT molecular complexity index is 114. The fourth-order valence-electron chi connectivity index (χ4n) is 0.576. The Morgan fingerprint density at radius 2 is 1.55 bits per heavy atom. The van der Waals surface area contributed by atoms with Crippen LogP contribution in [0.5, 0.6) is 0 Å². The summed E-state index contributed by atoms with van der Waals surface area (Å²) in [7, 11) is 3.38. The number of rotatable bonds is 1. The molecule has 3 nitrogen and oxygen atoms in total. The summed E-state index contributed by atoms with van der Waals surface area (Å²) in [4.78, 5) is 12.5. The molecule has 0 saturated carbocycles. The number of nitrogens with two attached hydrogens (primary N) is 1. The van der Waals surface area contributed by atoms with Gasteiger partial charge in [-0.2, -0.15) is 0 Å². The first-order chi connectivity index (χ1) is 4.85. The van der Waals surface area contributed by atoms with Crippen molar-refractivity contribution in [1.29, 1.82) is 0 Å². The first-order valence-corrected chi connectivity index (χ1v) is 3.86. The summed E-state index contributed by atoms with van der Waals surface area (Å²) in [5.41, 5.74) is 4.76. The predicted octanol–water partition coefficient (Wildman–Crippen LogP) is 0.838. The van der Waals surface area contributed by atoms with E-state index in [1.165, 1.54) is 4.90 Å². The lowest BCUT2D eigenvalue weighted by atomic mass is 10.1. The number of carbonyl (C=O) groups is 1. The third-order valence-electron chi connectivity index (χ3n) is 0.957. The Labute approximate surface area is 69.6 Å². The third-order valence-corrected chi connectivity index (χ3v) is 0.957. The van der Waals surface area contributed by atoms with Crippen LogP contribution in [0, 0.1) is 0 Å². The van der Waals surface area contributed by atoms with Crippen molar-refractivity contribution in [3.63, 3.8) is 0 Å². The smallest absolute Gasteiger partial charge is 0.241 e. The Kier molecular flexibility index (Phi) is 6.09. The Morgan fingerprint density at radius 1 is 1.27 bits per heavy atom. The van der Waals surface area contributed by atoms with Crippen LogP contribution in [0.2, 0.25) is 0 Å². The van der Waals surface area contributed by atoms with Gasteiger partial charge in [-0.25, -0.2) is 0 Å². The highest BCUT2D eigenvalue weighted by molar-refractivity contribution is 5.84. The van der Waals surface area contributed by atoms with E-state index in [9.17, 15) is 4.79 Å². The number of nitrogens with zero attached hydrogens (tertiary/aromatic N) is 1. The first-order valence-electron chi connectivity index (χ1n) is 3.86. The summed E-state index contributed by atoms with van der Waals surface area (Å²) in [6.07, 6.45) is 0. The zero-order chi connectivity index (χ0) is 9.65. The van der Waals surface area contributed by atoms with Crippen LogP contribution in [0.15, 0.2) is 0 Å². The summed E-state index contributed by atoms with van der Waals surface area (Å²) in [5.74, 6) is -0.0532. The van der Waals surface area contributed by atoms with Crippen molar-refractivity contribution in [3.8, 4) is 0 Å². The fourth-order valence-corrected chi connectivity index (χ4v) is 0.576. The quantitative estimate of drug-likeness (QED) is 0.618. The average Bonchev–Trinajstić information content (AvgIpc) is 1.89. The zero-order valence-electron chi connectivity index (χ0n) is 8.43. The van der Waals surface area contributed by atoms with Gasteiger partial charge < -0.3 is 10.6 Å². The maximum absolute atomic E-state index is 11.0. The molecule has 0 aromatic rings. The largest absolute Gasteiger partial charge is 0.347 e. The first kappa shape index (κ1) is 13.1. The minimum atomic E-state index is -0.733. The van der Waals surface area contributed by atoms with Gasteiger partial charge in [-0.3, -0.25) is 4.79 Å². The van der Waals surface area contributed by atoms with Crippen LogP contribution in [0.25, 0.3) is 0 Å². The number of hydrogen-bond donors (Lipinski definition) is 1. The van der Waals surface area contributed by atoms with Gasteiger partial charge in [0.05, 0.1) is 5.54 Å². The van der Waals surface area contributed by atoms with Gasteiger partial charge in [0.15, 0.2) is 0 Å². The molecule has 0 unspecified atom stereocenters. The van der Waals surface area contributed by atoms with Crippen LogP contribution in [0.3, 0.4) is 0 Å². The molecule has 0 aliphatic heterocycles. The molecular weight excluding hydrogens is 140 g/mol. The molecule has 68 valence electrons.